The van der Waals surface area contributed by atoms with Gasteiger partial charge in [0.25, 0.3) is 0 Å². The molecule has 1 aliphatic heterocycles. The van der Waals surface area contributed by atoms with Crippen LogP contribution in [0.4, 0.5) is 0 Å². The number of esters is 1. The van der Waals surface area contributed by atoms with E-state index < -0.39 is 0 Å². The lowest BCUT2D eigenvalue weighted by atomic mass is 10.1. The molecule has 0 spiro atoms. The number of rotatable bonds is 5. The van der Waals surface area contributed by atoms with Crippen LogP contribution >= 0.6 is 0 Å². The highest BCUT2D eigenvalue weighted by atomic mass is 16.5. The lowest BCUT2D eigenvalue weighted by molar-refractivity contribution is -0.137. The summed E-state index contributed by atoms with van der Waals surface area (Å²) < 4.78 is 16.3. The molecular formula is C21H20O5. The largest absolute Gasteiger partial charge is 0.494 e. The second-order valence-corrected chi connectivity index (χ2v) is 6.18. The van der Waals surface area contributed by atoms with Crippen molar-refractivity contribution in [1.29, 1.82) is 0 Å². The first kappa shape index (κ1) is 17.7. The molecule has 2 aromatic carbocycles. The SMILES string of the molecule is CCOc1ccc2c(c1)O/C(=C\c1ccc(OC(=O)C(C)C)cc1)C2=O. The van der Waals surface area contributed by atoms with Gasteiger partial charge in [0.15, 0.2) is 5.76 Å². The van der Waals surface area contributed by atoms with Gasteiger partial charge >= 0.3 is 5.97 Å². The standard InChI is InChI=1S/C21H20O5/c1-4-24-16-9-10-17-18(12-16)26-19(20(17)22)11-14-5-7-15(8-6-14)25-21(23)13(2)3/h5-13H,4H2,1-3H3/b19-11-. The van der Waals surface area contributed by atoms with Crippen LogP contribution in [0.1, 0.15) is 36.7 Å². The molecule has 0 N–H and O–H groups in total. The monoisotopic (exact) mass is 352 g/mol. The maximum atomic E-state index is 12.5. The summed E-state index contributed by atoms with van der Waals surface area (Å²) in [4.78, 5) is 24.1. The van der Waals surface area contributed by atoms with Gasteiger partial charge in [-0.1, -0.05) is 26.0 Å². The Hall–Kier alpha value is -3.08. The fourth-order valence-electron chi connectivity index (χ4n) is 2.44. The molecule has 5 nitrogen and oxygen atoms in total. The van der Waals surface area contributed by atoms with Gasteiger partial charge in [-0.05, 0) is 42.8 Å². The van der Waals surface area contributed by atoms with Crippen molar-refractivity contribution in [2.24, 2.45) is 5.92 Å². The number of carbonyl (C=O) groups excluding carboxylic acids is 2. The van der Waals surface area contributed by atoms with E-state index >= 15 is 0 Å². The zero-order valence-corrected chi connectivity index (χ0v) is 14.9. The molecule has 0 fully saturated rings. The van der Waals surface area contributed by atoms with E-state index in [1.165, 1.54) is 0 Å². The van der Waals surface area contributed by atoms with Gasteiger partial charge in [-0.3, -0.25) is 9.59 Å². The Bertz CT molecular complexity index is 862. The lowest BCUT2D eigenvalue weighted by Gasteiger charge is -2.06. The van der Waals surface area contributed by atoms with E-state index in [0.29, 0.717) is 29.4 Å². The fourth-order valence-corrected chi connectivity index (χ4v) is 2.44. The smallest absolute Gasteiger partial charge is 0.313 e. The Labute approximate surface area is 152 Å². The van der Waals surface area contributed by atoms with Crippen molar-refractivity contribution >= 4 is 17.8 Å². The number of ketones is 1. The molecular weight excluding hydrogens is 332 g/mol. The van der Waals surface area contributed by atoms with Crippen LogP contribution in [0.3, 0.4) is 0 Å². The number of allylic oxidation sites excluding steroid dienone is 1. The summed E-state index contributed by atoms with van der Waals surface area (Å²) in [6.07, 6.45) is 1.66. The van der Waals surface area contributed by atoms with Crippen molar-refractivity contribution in [3.8, 4) is 17.2 Å². The quantitative estimate of drug-likeness (QED) is 0.457. The maximum Gasteiger partial charge on any atom is 0.313 e. The summed E-state index contributed by atoms with van der Waals surface area (Å²) in [5.41, 5.74) is 1.29. The van der Waals surface area contributed by atoms with E-state index in [0.717, 1.165) is 5.56 Å². The number of hydrogen-bond acceptors (Lipinski definition) is 5. The van der Waals surface area contributed by atoms with E-state index in [1.54, 1.807) is 62.4 Å². The second kappa shape index (κ2) is 7.44. The molecule has 0 aliphatic carbocycles. The van der Waals surface area contributed by atoms with Crippen molar-refractivity contribution in [1.82, 2.24) is 0 Å². The summed E-state index contributed by atoms with van der Waals surface area (Å²) in [5, 5.41) is 0. The van der Waals surface area contributed by atoms with Crippen LogP contribution in [0.2, 0.25) is 0 Å². The van der Waals surface area contributed by atoms with Gasteiger partial charge in [-0.25, -0.2) is 0 Å². The predicted octanol–water partition coefficient (Wildman–Crippen LogP) is 4.26. The van der Waals surface area contributed by atoms with Gasteiger partial charge in [0.05, 0.1) is 18.1 Å². The molecule has 0 saturated carbocycles. The number of hydrogen-bond donors (Lipinski definition) is 0. The first-order valence-corrected chi connectivity index (χ1v) is 8.50. The minimum atomic E-state index is -0.286. The Balaban J connectivity index is 1.76. The average Bonchev–Trinajstić information content (AvgIpc) is 2.92. The van der Waals surface area contributed by atoms with Crippen LogP contribution in [0.5, 0.6) is 17.2 Å². The van der Waals surface area contributed by atoms with E-state index in [1.807, 2.05) is 6.92 Å². The lowest BCUT2D eigenvalue weighted by Crippen LogP contribution is -2.14. The van der Waals surface area contributed by atoms with E-state index in [4.69, 9.17) is 14.2 Å². The van der Waals surface area contributed by atoms with Crippen molar-refractivity contribution in [3.63, 3.8) is 0 Å². The maximum absolute atomic E-state index is 12.5. The average molecular weight is 352 g/mol. The minimum absolute atomic E-state index is 0.168. The Kier molecular flexibility index (Phi) is 5.07. The van der Waals surface area contributed by atoms with E-state index in [-0.39, 0.29) is 23.4 Å². The van der Waals surface area contributed by atoms with Crippen molar-refractivity contribution in [2.45, 2.75) is 20.8 Å². The van der Waals surface area contributed by atoms with Crippen molar-refractivity contribution < 1.29 is 23.8 Å². The zero-order chi connectivity index (χ0) is 18.7. The molecule has 0 atom stereocenters. The van der Waals surface area contributed by atoms with Gasteiger partial charge < -0.3 is 14.2 Å². The molecule has 0 amide bonds. The van der Waals surface area contributed by atoms with Crippen LogP contribution in [-0.4, -0.2) is 18.4 Å². The van der Waals surface area contributed by atoms with Crippen molar-refractivity contribution in [3.05, 3.63) is 59.4 Å². The van der Waals surface area contributed by atoms with E-state index in [2.05, 4.69) is 0 Å². The molecule has 0 unspecified atom stereocenters. The number of ether oxygens (including phenoxy) is 3. The minimum Gasteiger partial charge on any atom is -0.494 e. The zero-order valence-electron chi connectivity index (χ0n) is 14.9. The van der Waals surface area contributed by atoms with Crippen LogP contribution in [0.25, 0.3) is 6.08 Å². The summed E-state index contributed by atoms with van der Waals surface area (Å²) in [5.74, 6) is 1.23. The third-order valence-corrected chi connectivity index (χ3v) is 3.82. The number of carbonyl (C=O) groups is 2. The predicted molar refractivity (Wildman–Crippen MR) is 97.5 cm³/mol. The van der Waals surface area contributed by atoms with E-state index in [9.17, 15) is 9.59 Å². The second-order valence-electron chi connectivity index (χ2n) is 6.18. The van der Waals surface area contributed by atoms with Crippen LogP contribution in [0, 0.1) is 5.92 Å². The summed E-state index contributed by atoms with van der Waals surface area (Å²) in [6.45, 7) is 5.99. The van der Waals surface area contributed by atoms with Crippen molar-refractivity contribution in [2.75, 3.05) is 6.61 Å². The molecule has 3 rings (SSSR count). The Morgan fingerprint density at radius 1 is 1.12 bits per heavy atom. The highest BCUT2D eigenvalue weighted by Crippen LogP contribution is 2.35. The van der Waals surface area contributed by atoms with Gasteiger partial charge in [0.1, 0.15) is 17.2 Å². The molecule has 0 bridgehead atoms. The molecule has 1 aliphatic rings. The highest BCUT2D eigenvalue weighted by Gasteiger charge is 2.27. The first-order chi connectivity index (χ1) is 12.5. The molecule has 1 heterocycles. The molecule has 5 heteroatoms. The molecule has 2 aromatic rings. The summed E-state index contributed by atoms with van der Waals surface area (Å²) in [7, 11) is 0. The van der Waals surface area contributed by atoms with Crippen LogP contribution < -0.4 is 14.2 Å². The van der Waals surface area contributed by atoms with Gasteiger partial charge in [-0.15, -0.1) is 0 Å². The molecule has 0 aromatic heterocycles. The number of benzene rings is 2. The number of Topliss-reactive ketones (excluding diaryl/α,β-unsaturated/α-hetero) is 1. The van der Waals surface area contributed by atoms with Gasteiger partial charge in [-0.2, -0.15) is 0 Å². The van der Waals surface area contributed by atoms with Gasteiger partial charge in [0, 0.05) is 6.07 Å². The highest BCUT2D eigenvalue weighted by molar-refractivity contribution is 6.14. The Morgan fingerprint density at radius 2 is 1.81 bits per heavy atom. The first-order valence-electron chi connectivity index (χ1n) is 8.50. The third-order valence-electron chi connectivity index (χ3n) is 3.82. The Morgan fingerprint density at radius 3 is 2.46 bits per heavy atom. The fraction of sp³-hybridized carbons (Fsp3) is 0.238. The normalized spacial score (nSPS) is 14.3. The number of fused-ring (bicyclic) bond motifs is 1. The molecule has 0 saturated heterocycles. The third kappa shape index (κ3) is 3.77. The van der Waals surface area contributed by atoms with Crippen LogP contribution in [-0.2, 0) is 4.79 Å². The molecule has 26 heavy (non-hydrogen) atoms. The topological polar surface area (TPSA) is 61.8 Å². The summed E-state index contributed by atoms with van der Waals surface area (Å²) in [6, 6.07) is 12.1. The van der Waals surface area contributed by atoms with Gasteiger partial charge in [0.2, 0.25) is 5.78 Å². The molecule has 0 radical (unpaired) electrons. The van der Waals surface area contributed by atoms with Crippen LogP contribution in [0.15, 0.2) is 48.2 Å². The molecule has 134 valence electrons. The summed E-state index contributed by atoms with van der Waals surface area (Å²) >= 11 is 0.